The molecule has 0 saturated heterocycles. The van der Waals surface area contributed by atoms with Gasteiger partial charge < -0.3 is 5.32 Å². The average molecular weight is 475 g/mol. The van der Waals surface area contributed by atoms with Gasteiger partial charge in [0.2, 0.25) is 5.91 Å². The number of amidine groups is 2. The normalized spacial score (nSPS) is 16.6. The molecule has 3 aromatic carbocycles. The first-order valence-electron chi connectivity index (χ1n) is 10.4. The summed E-state index contributed by atoms with van der Waals surface area (Å²) < 4.78 is 0. The molecule has 0 bridgehead atoms. The minimum atomic E-state index is -0.628. The number of amides is 2. The molecule has 33 heavy (non-hydrogen) atoms. The van der Waals surface area contributed by atoms with Gasteiger partial charge in [0.05, 0.1) is 11.4 Å². The van der Waals surface area contributed by atoms with Crippen molar-refractivity contribution in [2.75, 3.05) is 5.75 Å². The molecular formula is C25H19ClN4O2S. The van der Waals surface area contributed by atoms with E-state index in [-0.39, 0.29) is 17.6 Å². The number of nitrogens with one attached hydrogen (secondary N) is 1. The van der Waals surface area contributed by atoms with E-state index in [2.05, 4.69) is 10.3 Å². The van der Waals surface area contributed by atoms with E-state index in [4.69, 9.17) is 16.6 Å². The Balaban J connectivity index is 1.34. The Morgan fingerprint density at radius 1 is 1.00 bits per heavy atom. The van der Waals surface area contributed by atoms with Crippen LogP contribution in [0.25, 0.3) is 0 Å². The maximum atomic E-state index is 13.3. The minimum Gasteiger partial charge on any atom is -0.351 e. The largest absolute Gasteiger partial charge is 0.351 e. The highest BCUT2D eigenvalue weighted by Crippen LogP contribution is 2.37. The summed E-state index contributed by atoms with van der Waals surface area (Å²) >= 11 is 7.13. The van der Waals surface area contributed by atoms with Gasteiger partial charge in [0, 0.05) is 17.1 Å². The van der Waals surface area contributed by atoms with Crippen LogP contribution in [0.3, 0.4) is 0 Å². The molecule has 3 aromatic rings. The third kappa shape index (κ3) is 4.42. The number of carbonyl (C=O) groups excluding carboxylic acids is 2. The third-order valence-corrected chi connectivity index (χ3v) is 6.51. The summed E-state index contributed by atoms with van der Waals surface area (Å²) in [6.07, 6.45) is 0. The number of hydrogen-bond acceptors (Lipinski definition) is 5. The Morgan fingerprint density at radius 2 is 1.73 bits per heavy atom. The van der Waals surface area contributed by atoms with Crippen LogP contribution in [0.15, 0.2) is 88.8 Å². The molecule has 1 N–H and O–H groups in total. The summed E-state index contributed by atoms with van der Waals surface area (Å²) in [5.41, 5.74) is 3.32. The van der Waals surface area contributed by atoms with Gasteiger partial charge in [0.15, 0.2) is 11.2 Å². The minimum absolute atomic E-state index is 0.127. The number of benzene rings is 3. The smallest absolute Gasteiger partial charge is 0.263 e. The first-order valence-corrected chi connectivity index (χ1v) is 11.8. The summed E-state index contributed by atoms with van der Waals surface area (Å²) in [7, 11) is 0. The molecule has 5 rings (SSSR count). The highest BCUT2D eigenvalue weighted by molar-refractivity contribution is 8.14. The molecular weight excluding hydrogens is 456 g/mol. The van der Waals surface area contributed by atoms with Crippen molar-refractivity contribution in [3.8, 4) is 0 Å². The molecule has 0 spiro atoms. The maximum Gasteiger partial charge on any atom is 0.263 e. The number of para-hydroxylation sites is 1. The fourth-order valence-electron chi connectivity index (χ4n) is 3.68. The van der Waals surface area contributed by atoms with Crippen molar-refractivity contribution in [3.05, 3.63) is 101 Å². The standard InChI is InChI=1S/C25H19ClN4O2S/c26-18-12-10-16(11-13-18)14-27-21(31)15-33-25-28-20-9-5-4-8-19(20)23-29-22(24(32)30(23)25)17-6-2-1-3-7-17/h1-13,22H,14-15H2,(H,27,31)/t22-/m0/s1. The lowest BCUT2D eigenvalue weighted by molar-refractivity contribution is -0.124. The van der Waals surface area contributed by atoms with Crippen LogP contribution in [0, 0.1) is 0 Å². The van der Waals surface area contributed by atoms with Crippen molar-refractivity contribution in [1.29, 1.82) is 0 Å². The van der Waals surface area contributed by atoms with E-state index in [1.165, 1.54) is 16.7 Å². The SMILES string of the molecule is O=C(CSC1=Nc2ccccc2C2=N[C@@H](c3ccccc3)C(=O)N12)NCc1ccc(Cl)cc1. The number of rotatable bonds is 5. The molecule has 0 fully saturated rings. The Bertz CT molecular complexity index is 1280. The van der Waals surface area contributed by atoms with E-state index in [0.29, 0.717) is 22.6 Å². The second kappa shape index (κ2) is 9.21. The van der Waals surface area contributed by atoms with Gasteiger partial charge >= 0.3 is 0 Å². The van der Waals surface area contributed by atoms with Gasteiger partial charge in [-0.1, -0.05) is 78.0 Å². The molecule has 0 unspecified atom stereocenters. The van der Waals surface area contributed by atoms with Crippen LogP contribution >= 0.6 is 23.4 Å². The molecule has 6 nitrogen and oxygen atoms in total. The highest BCUT2D eigenvalue weighted by Gasteiger charge is 2.42. The van der Waals surface area contributed by atoms with Crippen molar-refractivity contribution in [2.45, 2.75) is 12.6 Å². The summed E-state index contributed by atoms with van der Waals surface area (Å²) in [6, 6.07) is 23.7. The zero-order chi connectivity index (χ0) is 22.8. The zero-order valence-corrected chi connectivity index (χ0v) is 19.0. The van der Waals surface area contributed by atoms with Crippen LogP contribution in [0.2, 0.25) is 5.02 Å². The molecule has 8 heteroatoms. The Hall–Kier alpha value is -3.42. The Morgan fingerprint density at radius 3 is 2.52 bits per heavy atom. The lowest BCUT2D eigenvalue weighted by atomic mass is 10.1. The second-order valence-corrected chi connectivity index (χ2v) is 8.92. The van der Waals surface area contributed by atoms with Gasteiger partial charge in [0.1, 0.15) is 5.84 Å². The summed E-state index contributed by atoms with van der Waals surface area (Å²) in [4.78, 5) is 36.8. The van der Waals surface area contributed by atoms with Crippen LogP contribution in [0.4, 0.5) is 5.69 Å². The predicted octanol–water partition coefficient (Wildman–Crippen LogP) is 4.72. The molecule has 0 aliphatic carbocycles. The van der Waals surface area contributed by atoms with Gasteiger partial charge in [-0.25, -0.2) is 14.9 Å². The Labute approximate surface area is 200 Å². The average Bonchev–Trinajstić information content (AvgIpc) is 3.20. The van der Waals surface area contributed by atoms with Gasteiger partial charge in [-0.05, 0) is 35.4 Å². The summed E-state index contributed by atoms with van der Waals surface area (Å²) in [5, 5.41) is 4.00. The van der Waals surface area contributed by atoms with Gasteiger partial charge in [-0.3, -0.25) is 9.59 Å². The first kappa shape index (κ1) is 21.4. The van der Waals surface area contributed by atoms with Crippen LogP contribution < -0.4 is 5.32 Å². The molecule has 1 atom stereocenters. The lowest BCUT2D eigenvalue weighted by Gasteiger charge is -2.25. The number of halogens is 1. The van der Waals surface area contributed by atoms with E-state index in [1.807, 2.05) is 66.7 Å². The molecule has 164 valence electrons. The molecule has 0 radical (unpaired) electrons. The van der Waals surface area contributed by atoms with E-state index in [1.54, 1.807) is 12.1 Å². The van der Waals surface area contributed by atoms with Crippen LogP contribution in [-0.2, 0) is 16.1 Å². The fourth-order valence-corrected chi connectivity index (χ4v) is 4.64. The number of carbonyl (C=O) groups is 2. The van der Waals surface area contributed by atoms with Crippen LogP contribution in [-0.4, -0.2) is 33.5 Å². The lowest BCUT2D eigenvalue weighted by Crippen LogP contribution is -2.40. The van der Waals surface area contributed by atoms with Crippen molar-refractivity contribution in [1.82, 2.24) is 10.2 Å². The summed E-state index contributed by atoms with van der Waals surface area (Å²) in [5.74, 6) is 0.380. The quantitative estimate of drug-likeness (QED) is 0.581. The zero-order valence-electron chi connectivity index (χ0n) is 17.4. The monoisotopic (exact) mass is 474 g/mol. The molecule has 2 heterocycles. The number of thioether (sulfide) groups is 1. The van der Waals surface area contributed by atoms with Crippen molar-refractivity contribution < 1.29 is 9.59 Å². The van der Waals surface area contributed by atoms with Gasteiger partial charge in [-0.2, -0.15) is 0 Å². The highest BCUT2D eigenvalue weighted by atomic mass is 35.5. The van der Waals surface area contributed by atoms with Gasteiger partial charge in [0.25, 0.3) is 5.91 Å². The fraction of sp³-hybridized carbons (Fsp3) is 0.120. The molecule has 2 amide bonds. The molecule has 0 aromatic heterocycles. The number of hydrogen-bond donors (Lipinski definition) is 1. The van der Waals surface area contributed by atoms with E-state index < -0.39 is 6.04 Å². The van der Waals surface area contributed by atoms with Crippen molar-refractivity contribution >= 4 is 51.9 Å². The molecule has 2 aliphatic rings. The van der Waals surface area contributed by atoms with E-state index >= 15 is 0 Å². The number of aliphatic imine (C=N–C) groups is 2. The second-order valence-electron chi connectivity index (χ2n) is 7.54. The molecule has 0 saturated carbocycles. The third-order valence-electron chi connectivity index (χ3n) is 5.32. The van der Waals surface area contributed by atoms with E-state index in [0.717, 1.165) is 22.4 Å². The maximum absolute atomic E-state index is 13.3. The van der Waals surface area contributed by atoms with Crippen molar-refractivity contribution in [2.24, 2.45) is 9.98 Å². The summed E-state index contributed by atoms with van der Waals surface area (Å²) in [6.45, 7) is 0.400. The van der Waals surface area contributed by atoms with Crippen molar-refractivity contribution in [3.63, 3.8) is 0 Å². The number of fused-ring (bicyclic) bond motifs is 3. The topological polar surface area (TPSA) is 74.1 Å². The number of nitrogens with zero attached hydrogens (tertiary/aromatic N) is 3. The van der Waals surface area contributed by atoms with E-state index in [9.17, 15) is 9.59 Å². The predicted molar refractivity (Wildman–Crippen MR) is 132 cm³/mol. The van der Waals surface area contributed by atoms with Crippen LogP contribution in [0.5, 0.6) is 0 Å². The first-order chi connectivity index (χ1) is 16.1. The molecule has 2 aliphatic heterocycles. The van der Waals surface area contributed by atoms with Gasteiger partial charge in [-0.15, -0.1) is 0 Å². The Kier molecular flexibility index (Phi) is 5.98. The van der Waals surface area contributed by atoms with Crippen LogP contribution in [0.1, 0.15) is 22.7 Å².